The lowest BCUT2D eigenvalue weighted by Gasteiger charge is -2.12. The molecule has 26 heavy (non-hydrogen) atoms. The summed E-state index contributed by atoms with van der Waals surface area (Å²) in [7, 11) is -1.38. The van der Waals surface area contributed by atoms with Gasteiger partial charge in [0.15, 0.2) is 15.8 Å². The lowest BCUT2D eigenvalue weighted by atomic mass is 10.1. The van der Waals surface area contributed by atoms with E-state index in [1.807, 2.05) is 12.1 Å². The Morgan fingerprint density at radius 1 is 0.962 bits per heavy atom. The molecular formula is C19H34IN3O2S. The largest absolute Gasteiger partial charge is 0.356 e. The molecule has 0 aliphatic carbocycles. The van der Waals surface area contributed by atoms with Gasteiger partial charge in [0.05, 0.1) is 4.90 Å². The van der Waals surface area contributed by atoms with Gasteiger partial charge in [0.25, 0.3) is 0 Å². The molecule has 7 heteroatoms. The van der Waals surface area contributed by atoms with E-state index in [2.05, 4.69) is 22.5 Å². The van der Waals surface area contributed by atoms with Crippen LogP contribution in [0.1, 0.15) is 57.4 Å². The molecule has 0 aliphatic heterocycles. The molecule has 0 spiro atoms. The van der Waals surface area contributed by atoms with Gasteiger partial charge in [-0.1, -0.05) is 57.6 Å². The summed E-state index contributed by atoms with van der Waals surface area (Å²) in [6, 6.07) is 6.93. The van der Waals surface area contributed by atoms with Crippen molar-refractivity contribution in [2.24, 2.45) is 4.99 Å². The summed E-state index contributed by atoms with van der Waals surface area (Å²) < 4.78 is 22.9. The second-order valence-corrected chi connectivity index (χ2v) is 8.41. The van der Waals surface area contributed by atoms with E-state index in [1.54, 1.807) is 19.2 Å². The minimum atomic E-state index is -3.14. The van der Waals surface area contributed by atoms with Crippen LogP contribution in [-0.2, 0) is 16.4 Å². The molecule has 2 N–H and O–H groups in total. The van der Waals surface area contributed by atoms with E-state index in [-0.39, 0.29) is 24.0 Å². The number of nitrogens with zero attached hydrogens (tertiary/aromatic N) is 1. The van der Waals surface area contributed by atoms with Gasteiger partial charge < -0.3 is 10.6 Å². The molecule has 1 aromatic rings. The zero-order valence-electron chi connectivity index (χ0n) is 16.3. The first-order chi connectivity index (χ1) is 12.0. The molecule has 0 aliphatic rings. The fourth-order valence-electron chi connectivity index (χ4n) is 2.55. The molecule has 0 fully saturated rings. The monoisotopic (exact) mass is 495 g/mol. The molecule has 0 saturated heterocycles. The maximum atomic E-state index is 11.5. The van der Waals surface area contributed by atoms with Crippen LogP contribution >= 0.6 is 24.0 Å². The Morgan fingerprint density at radius 3 is 2.08 bits per heavy atom. The minimum absolute atomic E-state index is 0. The van der Waals surface area contributed by atoms with Gasteiger partial charge in [0, 0.05) is 26.4 Å². The van der Waals surface area contributed by atoms with Crippen molar-refractivity contribution in [2.45, 2.75) is 63.3 Å². The Kier molecular flexibility index (Phi) is 13.8. The van der Waals surface area contributed by atoms with Crippen molar-refractivity contribution in [3.63, 3.8) is 0 Å². The van der Waals surface area contributed by atoms with Crippen LogP contribution in [0.3, 0.4) is 0 Å². The van der Waals surface area contributed by atoms with E-state index in [1.165, 1.54) is 44.8 Å². The van der Waals surface area contributed by atoms with Crippen LogP contribution in [0.5, 0.6) is 0 Å². The molecule has 0 heterocycles. The van der Waals surface area contributed by atoms with E-state index < -0.39 is 9.84 Å². The van der Waals surface area contributed by atoms with E-state index in [4.69, 9.17) is 0 Å². The van der Waals surface area contributed by atoms with Crippen LogP contribution in [0.2, 0.25) is 0 Å². The average molecular weight is 495 g/mol. The third kappa shape index (κ3) is 11.0. The van der Waals surface area contributed by atoms with Crippen LogP contribution in [0.4, 0.5) is 0 Å². The highest BCUT2D eigenvalue weighted by molar-refractivity contribution is 14.0. The highest BCUT2D eigenvalue weighted by atomic mass is 127. The Labute approximate surface area is 176 Å². The van der Waals surface area contributed by atoms with Crippen molar-refractivity contribution >= 4 is 39.8 Å². The summed E-state index contributed by atoms with van der Waals surface area (Å²) in [5.74, 6) is 0.776. The predicted octanol–water partition coefficient (Wildman–Crippen LogP) is 4.12. The summed E-state index contributed by atoms with van der Waals surface area (Å²) in [6.07, 6.45) is 10.3. The molecule has 1 rings (SSSR count). The van der Waals surface area contributed by atoms with Gasteiger partial charge in [-0.3, -0.25) is 4.99 Å². The number of sulfone groups is 1. The first-order valence-electron chi connectivity index (χ1n) is 9.21. The number of unbranched alkanes of at least 4 members (excludes halogenated alkanes) is 6. The standard InChI is InChI=1S/C19H33N3O2S.HI/c1-4-5-6-7-8-9-10-15-21-19(20-2)22-16-17-11-13-18(14-12-17)25(3,23)24;/h11-14H,4-10,15-16H2,1-3H3,(H2,20,21,22);1H. The summed E-state index contributed by atoms with van der Waals surface area (Å²) in [5, 5.41) is 6.57. The molecule has 0 saturated carbocycles. The van der Waals surface area contributed by atoms with Gasteiger partial charge in [0.2, 0.25) is 0 Å². The van der Waals surface area contributed by atoms with Crippen molar-refractivity contribution in [1.29, 1.82) is 0 Å². The first kappa shape index (κ1) is 25.2. The van der Waals surface area contributed by atoms with Gasteiger partial charge in [-0.2, -0.15) is 0 Å². The van der Waals surface area contributed by atoms with Crippen molar-refractivity contribution in [3.8, 4) is 0 Å². The van der Waals surface area contributed by atoms with Crippen LogP contribution in [-0.4, -0.2) is 34.2 Å². The molecule has 0 atom stereocenters. The summed E-state index contributed by atoms with van der Waals surface area (Å²) in [5.41, 5.74) is 1.02. The fourth-order valence-corrected chi connectivity index (χ4v) is 3.18. The van der Waals surface area contributed by atoms with E-state index in [9.17, 15) is 8.42 Å². The third-order valence-corrected chi connectivity index (χ3v) is 5.24. The van der Waals surface area contributed by atoms with Gasteiger partial charge in [-0.05, 0) is 24.1 Å². The summed E-state index contributed by atoms with van der Waals surface area (Å²) in [4.78, 5) is 4.56. The predicted molar refractivity (Wildman–Crippen MR) is 121 cm³/mol. The van der Waals surface area contributed by atoms with Crippen LogP contribution in [0.15, 0.2) is 34.2 Å². The maximum absolute atomic E-state index is 11.5. The van der Waals surface area contributed by atoms with Crippen LogP contribution < -0.4 is 10.6 Å². The number of guanidine groups is 1. The number of hydrogen-bond donors (Lipinski definition) is 2. The van der Waals surface area contributed by atoms with Gasteiger partial charge >= 0.3 is 0 Å². The van der Waals surface area contributed by atoms with Crippen molar-refractivity contribution in [1.82, 2.24) is 10.6 Å². The molecule has 150 valence electrons. The zero-order chi connectivity index (χ0) is 18.5. The van der Waals surface area contributed by atoms with Gasteiger partial charge in [-0.25, -0.2) is 8.42 Å². The second kappa shape index (κ2) is 14.3. The van der Waals surface area contributed by atoms with Crippen molar-refractivity contribution < 1.29 is 8.42 Å². The van der Waals surface area contributed by atoms with Gasteiger partial charge in [0.1, 0.15) is 0 Å². The Bertz CT molecular complexity index is 616. The first-order valence-corrected chi connectivity index (χ1v) is 11.1. The normalized spacial score (nSPS) is 11.7. The lowest BCUT2D eigenvalue weighted by Crippen LogP contribution is -2.37. The van der Waals surface area contributed by atoms with Crippen molar-refractivity contribution in [2.75, 3.05) is 19.8 Å². The van der Waals surface area contributed by atoms with E-state index >= 15 is 0 Å². The van der Waals surface area contributed by atoms with Crippen LogP contribution in [0, 0.1) is 0 Å². The molecular weight excluding hydrogens is 461 g/mol. The zero-order valence-corrected chi connectivity index (χ0v) is 19.4. The molecule has 5 nitrogen and oxygen atoms in total. The number of benzene rings is 1. The number of halogens is 1. The maximum Gasteiger partial charge on any atom is 0.191 e. The fraction of sp³-hybridized carbons (Fsp3) is 0.632. The number of hydrogen-bond acceptors (Lipinski definition) is 3. The molecule has 0 radical (unpaired) electrons. The number of rotatable bonds is 11. The molecule has 0 amide bonds. The topological polar surface area (TPSA) is 70.6 Å². The lowest BCUT2D eigenvalue weighted by molar-refractivity contribution is 0.583. The SMILES string of the molecule is CCCCCCCCCNC(=NC)NCc1ccc(S(C)(=O)=O)cc1.I. The second-order valence-electron chi connectivity index (χ2n) is 6.39. The Hall–Kier alpha value is -0.830. The highest BCUT2D eigenvalue weighted by Crippen LogP contribution is 2.10. The van der Waals surface area contributed by atoms with Crippen molar-refractivity contribution in [3.05, 3.63) is 29.8 Å². The van der Waals surface area contributed by atoms with E-state index in [0.717, 1.165) is 24.5 Å². The molecule has 0 unspecified atom stereocenters. The molecule has 1 aromatic carbocycles. The molecule has 0 bridgehead atoms. The minimum Gasteiger partial charge on any atom is -0.356 e. The quantitative estimate of drug-likeness (QED) is 0.210. The third-order valence-electron chi connectivity index (χ3n) is 4.11. The Morgan fingerprint density at radius 2 is 1.54 bits per heavy atom. The average Bonchev–Trinajstić information content (AvgIpc) is 2.59. The number of nitrogens with one attached hydrogen (secondary N) is 2. The number of aliphatic imine (C=N–C) groups is 1. The molecule has 0 aromatic heterocycles. The Balaban J connectivity index is 0.00000625. The van der Waals surface area contributed by atoms with Crippen LogP contribution in [0.25, 0.3) is 0 Å². The smallest absolute Gasteiger partial charge is 0.191 e. The van der Waals surface area contributed by atoms with E-state index in [0.29, 0.717) is 11.4 Å². The summed E-state index contributed by atoms with van der Waals surface area (Å²) >= 11 is 0. The summed E-state index contributed by atoms with van der Waals surface area (Å²) in [6.45, 7) is 3.77. The van der Waals surface area contributed by atoms with Gasteiger partial charge in [-0.15, -0.1) is 24.0 Å². The highest BCUT2D eigenvalue weighted by Gasteiger charge is 2.06.